The summed E-state index contributed by atoms with van der Waals surface area (Å²) in [5.41, 5.74) is 12.9. The summed E-state index contributed by atoms with van der Waals surface area (Å²) in [6.07, 6.45) is 11.7. The number of carbonyl (C=O) groups is 1. The van der Waals surface area contributed by atoms with Crippen LogP contribution in [-0.2, 0) is 37.7 Å². The van der Waals surface area contributed by atoms with Crippen LogP contribution in [0.1, 0.15) is 126 Å². The Hall–Kier alpha value is -4.97. The Labute approximate surface area is 383 Å². The van der Waals surface area contributed by atoms with Crippen molar-refractivity contribution in [3.05, 3.63) is 136 Å². The quantitative estimate of drug-likeness (QED) is 0.0476. The maximum absolute atomic E-state index is 12.1. The van der Waals surface area contributed by atoms with Crippen LogP contribution in [0.4, 0.5) is 0 Å². The van der Waals surface area contributed by atoms with Gasteiger partial charge in [-0.15, -0.1) is 53.1 Å². The molecule has 3 aromatic carbocycles. The molecule has 7 rings (SSSR count). The van der Waals surface area contributed by atoms with Gasteiger partial charge in [0.15, 0.2) is 5.78 Å². The van der Waals surface area contributed by atoms with E-state index in [1.165, 1.54) is 27.6 Å². The Morgan fingerprint density at radius 3 is 2.13 bits per heavy atom. The number of aliphatic hydroxyl groups is 1. The molecule has 4 aromatic heterocycles. The summed E-state index contributed by atoms with van der Waals surface area (Å²) in [5.74, 6) is 1.07. The fraction of sp³-hybridized carbons (Fsp3) is 0.382. The van der Waals surface area contributed by atoms with Crippen molar-refractivity contribution in [3.8, 4) is 22.5 Å². The molecule has 4 heterocycles. The van der Waals surface area contributed by atoms with E-state index in [-0.39, 0.29) is 37.7 Å². The van der Waals surface area contributed by atoms with Crippen molar-refractivity contribution in [1.29, 1.82) is 0 Å². The molecule has 62 heavy (non-hydrogen) atoms. The van der Waals surface area contributed by atoms with E-state index < -0.39 is 0 Å². The second-order valence-electron chi connectivity index (χ2n) is 17.0. The minimum Gasteiger partial charge on any atom is -0.512 e. The van der Waals surface area contributed by atoms with Crippen molar-refractivity contribution in [2.75, 3.05) is 0 Å². The van der Waals surface area contributed by atoms with Crippen LogP contribution in [0.2, 0.25) is 0 Å². The summed E-state index contributed by atoms with van der Waals surface area (Å²) in [4.78, 5) is 26.5. The second-order valence-corrected chi connectivity index (χ2v) is 17.0. The van der Waals surface area contributed by atoms with Crippen LogP contribution in [0, 0.1) is 44.7 Å². The van der Waals surface area contributed by atoms with Crippen LogP contribution in [0.5, 0.6) is 0 Å². The number of furan rings is 1. The summed E-state index contributed by atoms with van der Waals surface area (Å²) in [6.45, 7) is 20.5. The third kappa shape index (κ3) is 11.0. The van der Waals surface area contributed by atoms with E-state index >= 15 is 0 Å². The number of aliphatic hydroxyl groups excluding tert-OH is 1. The zero-order valence-corrected chi connectivity index (χ0v) is 40.7. The van der Waals surface area contributed by atoms with Crippen molar-refractivity contribution in [3.63, 3.8) is 0 Å². The predicted octanol–water partition coefficient (Wildman–Crippen LogP) is 14.7. The Bertz CT molecular complexity index is 2630. The van der Waals surface area contributed by atoms with Crippen LogP contribution in [0.15, 0.2) is 94.9 Å². The minimum atomic E-state index is 0. The normalized spacial score (nSPS) is 12.0. The Morgan fingerprint density at radius 1 is 0.774 bits per heavy atom. The molecule has 6 nitrogen and oxygen atoms in total. The average Bonchev–Trinajstić information content (AvgIpc) is 3.63. The zero-order chi connectivity index (χ0) is 43.8. The summed E-state index contributed by atoms with van der Waals surface area (Å²) < 4.78 is 6.38. The molecule has 0 spiro atoms. The molecule has 0 fully saturated rings. The number of benzene rings is 3. The molecule has 327 valence electrons. The largest absolute Gasteiger partial charge is 0.512 e. The third-order valence-electron chi connectivity index (χ3n) is 12.3. The van der Waals surface area contributed by atoms with Crippen LogP contribution in [0.3, 0.4) is 0 Å². The maximum Gasteiger partial charge on any atom is 0.216 e. The number of fused-ring (bicyclic) bond motifs is 4. The molecule has 0 bridgehead atoms. The summed E-state index contributed by atoms with van der Waals surface area (Å²) >= 11 is 0. The molecule has 0 aliphatic carbocycles. The van der Waals surface area contributed by atoms with Gasteiger partial charge in [-0.3, -0.25) is 4.79 Å². The Morgan fingerprint density at radius 2 is 1.48 bits per heavy atom. The van der Waals surface area contributed by atoms with Gasteiger partial charge < -0.3 is 19.5 Å². The van der Waals surface area contributed by atoms with Gasteiger partial charge in [0.05, 0.1) is 5.58 Å². The molecule has 0 aliphatic heterocycles. The standard InChI is InChI=1S/C41H37N3O.C14H26O2.Ir/c1-25(2)31-16-18-33-35(22-31)32(9-7-6-8-29-13-19-38(42-23-29)30-14-10-26(3)11-15-30)24-43-39(33)37-21-27(4)20-36-34-17-12-28(5)44-41(34)45-40(36)37;1-6-11(7-2)13(15)10(5)14(16)12(8-3)9-4;/h10-14,16-20,22-25H,6-9H2,1-5H3;11-12,15H,6-9H2,1-5H3;/q-2;;/b;13-10-;. The van der Waals surface area contributed by atoms with Crippen molar-refractivity contribution in [2.24, 2.45) is 11.8 Å². The van der Waals surface area contributed by atoms with Crippen LogP contribution in [-0.4, -0.2) is 25.8 Å². The molecular weight excluding hydrogens is 943 g/mol. The molecule has 0 amide bonds. The first-order valence-corrected chi connectivity index (χ1v) is 22.4. The number of aromatic nitrogens is 3. The third-order valence-corrected chi connectivity index (χ3v) is 12.3. The SMILES string of the molecule is CCC(CC)C(=O)/C(C)=C(\O)C(CC)CC.Cc1[c-]c(-c2ncc(CCCCc3ccc(-c4[c-]cc(C)cc4)nc3)c3cc(C(C)C)ccc23)c2oc3nc(C)ccc3c2c1.[Ir]. The molecule has 7 heteroatoms. The molecule has 7 aromatic rings. The van der Waals surface area contributed by atoms with E-state index in [4.69, 9.17) is 14.4 Å². The van der Waals surface area contributed by atoms with Gasteiger partial charge in [0.1, 0.15) is 5.76 Å². The van der Waals surface area contributed by atoms with E-state index in [2.05, 4.69) is 106 Å². The Kier molecular flexibility index (Phi) is 17.0. The van der Waals surface area contributed by atoms with E-state index in [9.17, 15) is 9.90 Å². The maximum atomic E-state index is 12.1. The monoisotopic (exact) mass is 1010 g/mol. The molecule has 0 saturated heterocycles. The number of hydrogen-bond acceptors (Lipinski definition) is 6. The minimum absolute atomic E-state index is 0. The first-order valence-electron chi connectivity index (χ1n) is 22.4. The van der Waals surface area contributed by atoms with Gasteiger partial charge in [0.25, 0.3) is 0 Å². The van der Waals surface area contributed by atoms with Crippen LogP contribution < -0.4 is 0 Å². The van der Waals surface area contributed by atoms with Gasteiger partial charge in [-0.05, 0) is 122 Å². The summed E-state index contributed by atoms with van der Waals surface area (Å²) in [6, 6.07) is 30.5. The number of nitrogens with zero attached hydrogens (tertiary/aromatic N) is 3. The number of aryl methyl sites for hydroxylation is 5. The average molecular weight is 1010 g/mol. The van der Waals surface area contributed by atoms with Crippen LogP contribution in [0.25, 0.3) is 55.4 Å². The fourth-order valence-electron chi connectivity index (χ4n) is 8.28. The Balaban J connectivity index is 0.000000366. The number of hydrogen-bond donors (Lipinski definition) is 1. The van der Waals surface area contributed by atoms with Gasteiger partial charge >= 0.3 is 0 Å². The summed E-state index contributed by atoms with van der Waals surface area (Å²) in [5, 5.41) is 14.5. The van der Waals surface area contributed by atoms with Gasteiger partial charge in [-0.1, -0.05) is 96.7 Å². The molecule has 0 unspecified atom stereocenters. The molecule has 1 radical (unpaired) electrons. The smallest absolute Gasteiger partial charge is 0.216 e. The van der Waals surface area contributed by atoms with E-state index in [0.717, 1.165) is 107 Å². The molecule has 0 saturated carbocycles. The summed E-state index contributed by atoms with van der Waals surface area (Å²) in [7, 11) is 0. The predicted molar refractivity (Wildman–Crippen MR) is 253 cm³/mol. The first kappa shape index (κ1) is 48.1. The van der Waals surface area contributed by atoms with Gasteiger partial charge in [0, 0.05) is 61.0 Å². The van der Waals surface area contributed by atoms with Crippen LogP contribution >= 0.6 is 0 Å². The van der Waals surface area contributed by atoms with Crippen molar-refractivity contribution in [1.82, 2.24) is 15.0 Å². The molecule has 1 N–H and O–H groups in total. The van der Waals surface area contributed by atoms with Gasteiger partial charge in [-0.2, -0.15) is 0 Å². The number of Topliss-reactive ketones (excluding diaryl/α,β-unsaturated/α-hetero) is 1. The first-order chi connectivity index (χ1) is 29.4. The number of allylic oxidation sites excluding steroid dienone is 2. The fourth-order valence-corrected chi connectivity index (χ4v) is 8.28. The van der Waals surface area contributed by atoms with Gasteiger partial charge in [0.2, 0.25) is 5.71 Å². The topological polar surface area (TPSA) is 89.1 Å². The van der Waals surface area contributed by atoms with Crippen molar-refractivity contribution < 1.29 is 34.4 Å². The number of ketones is 1. The second kappa shape index (κ2) is 21.9. The molecule has 0 atom stereocenters. The zero-order valence-electron chi connectivity index (χ0n) is 38.3. The number of carbonyl (C=O) groups excluding carboxylic acids is 1. The van der Waals surface area contributed by atoms with E-state index in [0.29, 0.717) is 23.0 Å². The van der Waals surface area contributed by atoms with Crippen molar-refractivity contribution in [2.45, 2.75) is 127 Å². The number of pyridine rings is 3. The van der Waals surface area contributed by atoms with Crippen molar-refractivity contribution >= 4 is 38.6 Å². The van der Waals surface area contributed by atoms with Gasteiger partial charge in [-0.25, -0.2) is 4.98 Å². The van der Waals surface area contributed by atoms with E-state index in [1.54, 1.807) is 6.92 Å². The van der Waals surface area contributed by atoms with E-state index in [1.807, 2.05) is 52.9 Å². The molecular formula is C55H63IrN3O3-2. The number of unbranched alkanes of at least 4 members (excludes halogenated alkanes) is 1. The number of rotatable bonds is 15. The molecule has 0 aliphatic rings.